The molecule has 0 aromatic carbocycles. The first-order chi connectivity index (χ1) is 8.20. The summed E-state index contributed by atoms with van der Waals surface area (Å²) in [7, 11) is 0. The van der Waals surface area contributed by atoms with Crippen molar-refractivity contribution in [2.45, 2.75) is 52.5 Å². The van der Waals surface area contributed by atoms with Crippen molar-refractivity contribution in [3.63, 3.8) is 0 Å². The normalized spacial score (nSPS) is 13.4. The fraction of sp³-hybridized carbons (Fsp3) is 0.571. The Labute approximate surface area is 107 Å². The molecule has 4 heteroatoms. The predicted octanol–water partition coefficient (Wildman–Crippen LogP) is 2.82. The van der Waals surface area contributed by atoms with Gasteiger partial charge in [-0.15, -0.1) is 0 Å². The number of pyridine rings is 1. The summed E-state index contributed by atoms with van der Waals surface area (Å²) < 4.78 is 1.61. The summed E-state index contributed by atoms with van der Waals surface area (Å²) >= 11 is 0. The molecule has 100 valence electrons. The molecule has 18 heavy (non-hydrogen) atoms. The lowest BCUT2D eigenvalue weighted by Crippen LogP contribution is -2.34. The highest BCUT2D eigenvalue weighted by molar-refractivity contribution is 5.87. The van der Waals surface area contributed by atoms with Gasteiger partial charge in [0.2, 0.25) is 0 Å². The van der Waals surface area contributed by atoms with E-state index in [4.69, 9.17) is 5.11 Å². The highest BCUT2D eigenvalue weighted by Gasteiger charge is 2.23. The Bertz CT molecular complexity index is 509. The summed E-state index contributed by atoms with van der Waals surface area (Å²) in [4.78, 5) is 23.3. The lowest BCUT2D eigenvalue weighted by molar-refractivity contribution is 0.0693. The van der Waals surface area contributed by atoms with Crippen LogP contribution >= 0.6 is 0 Å². The van der Waals surface area contributed by atoms with Crippen LogP contribution in [0, 0.1) is 0 Å². The number of carboxylic acid groups (broad SMARTS) is 1. The molecule has 1 atom stereocenters. The van der Waals surface area contributed by atoms with Gasteiger partial charge in [0.05, 0.1) is 0 Å². The molecule has 1 aromatic heterocycles. The molecule has 0 amide bonds. The second-order valence-corrected chi connectivity index (χ2v) is 5.62. The zero-order valence-corrected chi connectivity index (χ0v) is 11.7. The molecule has 0 saturated carbocycles. The summed E-state index contributed by atoms with van der Waals surface area (Å²) in [5.41, 5.74) is 0.0963. The number of rotatable bonds is 3. The standard InChI is InChI=1S/C14H21NO3/c1-6-9(2)15-11(14(3,4)5)8-7-10(12(15)16)13(17)18/h7-9H,6H2,1-5H3,(H,17,18). The van der Waals surface area contributed by atoms with E-state index in [9.17, 15) is 9.59 Å². The maximum Gasteiger partial charge on any atom is 0.341 e. The van der Waals surface area contributed by atoms with Crippen molar-refractivity contribution in [3.8, 4) is 0 Å². The van der Waals surface area contributed by atoms with E-state index in [1.54, 1.807) is 10.6 Å². The van der Waals surface area contributed by atoms with Crippen LogP contribution in [-0.4, -0.2) is 15.6 Å². The Morgan fingerprint density at radius 3 is 2.33 bits per heavy atom. The first kappa shape index (κ1) is 14.5. The number of aromatic nitrogens is 1. The summed E-state index contributed by atoms with van der Waals surface area (Å²) in [5.74, 6) is -1.17. The molecule has 1 N–H and O–H groups in total. The van der Waals surface area contributed by atoms with Gasteiger partial charge >= 0.3 is 5.97 Å². The van der Waals surface area contributed by atoms with Gasteiger partial charge in [0, 0.05) is 17.2 Å². The summed E-state index contributed by atoms with van der Waals surface area (Å²) in [6.45, 7) is 9.96. The quantitative estimate of drug-likeness (QED) is 0.898. The number of aromatic carboxylic acids is 1. The first-order valence-electron chi connectivity index (χ1n) is 6.19. The van der Waals surface area contributed by atoms with Gasteiger partial charge in [-0.05, 0) is 25.5 Å². The van der Waals surface area contributed by atoms with Gasteiger partial charge in [-0.2, -0.15) is 0 Å². The average molecular weight is 251 g/mol. The molecule has 0 aliphatic carbocycles. The smallest absolute Gasteiger partial charge is 0.341 e. The van der Waals surface area contributed by atoms with E-state index >= 15 is 0 Å². The summed E-state index contributed by atoms with van der Waals surface area (Å²) in [6, 6.07) is 3.15. The number of hydrogen-bond acceptors (Lipinski definition) is 2. The SMILES string of the molecule is CCC(C)n1c(C(C)(C)C)ccc(C(=O)O)c1=O. The van der Waals surface area contributed by atoms with E-state index in [1.807, 2.05) is 34.6 Å². The van der Waals surface area contributed by atoms with E-state index in [1.165, 1.54) is 6.07 Å². The number of nitrogens with zero attached hydrogens (tertiary/aromatic N) is 1. The molecule has 1 heterocycles. The van der Waals surface area contributed by atoms with Crippen LogP contribution < -0.4 is 5.56 Å². The van der Waals surface area contributed by atoms with Gasteiger partial charge < -0.3 is 9.67 Å². The minimum Gasteiger partial charge on any atom is -0.477 e. The fourth-order valence-corrected chi connectivity index (χ4v) is 1.95. The number of carboxylic acids is 1. The van der Waals surface area contributed by atoms with Crippen molar-refractivity contribution in [1.82, 2.24) is 4.57 Å². The van der Waals surface area contributed by atoms with Crippen LogP contribution in [0.15, 0.2) is 16.9 Å². The molecule has 1 rings (SSSR count). The lowest BCUT2D eigenvalue weighted by atomic mass is 9.90. The minimum atomic E-state index is -1.17. The van der Waals surface area contributed by atoms with Crippen LogP contribution in [-0.2, 0) is 5.41 Å². The van der Waals surface area contributed by atoms with E-state index in [2.05, 4.69) is 0 Å². The van der Waals surface area contributed by atoms with E-state index in [0.717, 1.165) is 12.1 Å². The molecule has 1 unspecified atom stereocenters. The largest absolute Gasteiger partial charge is 0.477 e. The first-order valence-corrected chi connectivity index (χ1v) is 6.19. The monoisotopic (exact) mass is 251 g/mol. The van der Waals surface area contributed by atoms with Gasteiger partial charge in [-0.3, -0.25) is 4.79 Å². The molecule has 0 saturated heterocycles. The maximum absolute atomic E-state index is 12.3. The zero-order valence-electron chi connectivity index (χ0n) is 11.7. The topological polar surface area (TPSA) is 59.3 Å². The van der Waals surface area contributed by atoms with Crippen molar-refractivity contribution < 1.29 is 9.90 Å². The van der Waals surface area contributed by atoms with Gasteiger partial charge in [-0.1, -0.05) is 27.7 Å². The molecule has 0 spiro atoms. The van der Waals surface area contributed by atoms with E-state index < -0.39 is 11.5 Å². The molecule has 0 aliphatic rings. The van der Waals surface area contributed by atoms with E-state index in [0.29, 0.717) is 0 Å². The lowest BCUT2D eigenvalue weighted by Gasteiger charge is -2.27. The van der Waals surface area contributed by atoms with Gasteiger partial charge in [0.25, 0.3) is 5.56 Å². The molecule has 0 fully saturated rings. The molecule has 0 aliphatic heterocycles. The van der Waals surface area contributed by atoms with Crippen molar-refractivity contribution >= 4 is 5.97 Å². The Hall–Kier alpha value is -1.58. The summed E-state index contributed by atoms with van der Waals surface area (Å²) in [5, 5.41) is 9.02. The van der Waals surface area contributed by atoms with E-state index in [-0.39, 0.29) is 17.0 Å². The van der Waals surface area contributed by atoms with Crippen LogP contribution in [0.5, 0.6) is 0 Å². The third-order valence-corrected chi connectivity index (χ3v) is 3.15. The molecule has 0 radical (unpaired) electrons. The third-order valence-electron chi connectivity index (χ3n) is 3.15. The second-order valence-electron chi connectivity index (χ2n) is 5.62. The van der Waals surface area contributed by atoms with Crippen molar-refractivity contribution in [2.24, 2.45) is 0 Å². The maximum atomic E-state index is 12.3. The van der Waals surface area contributed by atoms with Gasteiger partial charge in [0.1, 0.15) is 5.56 Å². The molecule has 4 nitrogen and oxygen atoms in total. The van der Waals surface area contributed by atoms with Crippen molar-refractivity contribution in [3.05, 3.63) is 33.7 Å². The average Bonchev–Trinajstić information content (AvgIpc) is 2.25. The van der Waals surface area contributed by atoms with Gasteiger partial charge in [0.15, 0.2) is 0 Å². The Balaban J connectivity index is 3.63. The molecule has 0 bridgehead atoms. The number of carbonyl (C=O) groups is 1. The second kappa shape index (κ2) is 4.96. The van der Waals surface area contributed by atoms with Gasteiger partial charge in [-0.25, -0.2) is 4.79 Å². The summed E-state index contributed by atoms with van der Waals surface area (Å²) in [6.07, 6.45) is 0.784. The molecular formula is C14H21NO3. The van der Waals surface area contributed by atoms with Crippen molar-refractivity contribution in [2.75, 3.05) is 0 Å². The molecular weight excluding hydrogens is 230 g/mol. The zero-order chi connectivity index (χ0) is 14.1. The van der Waals surface area contributed by atoms with Crippen LogP contribution in [0.1, 0.15) is 63.1 Å². The fourth-order valence-electron chi connectivity index (χ4n) is 1.95. The number of hydrogen-bond donors (Lipinski definition) is 1. The Morgan fingerprint density at radius 2 is 1.94 bits per heavy atom. The Kier molecular flexibility index (Phi) is 3.99. The Morgan fingerprint density at radius 1 is 1.39 bits per heavy atom. The van der Waals surface area contributed by atoms with Crippen LogP contribution in [0.3, 0.4) is 0 Å². The third kappa shape index (κ3) is 2.63. The van der Waals surface area contributed by atoms with Crippen LogP contribution in [0.4, 0.5) is 0 Å². The molecule has 1 aromatic rings. The van der Waals surface area contributed by atoms with Crippen LogP contribution in [0.25, 0.3) is 0 Å². The highest BCUT2D eigenvalue weighted by Crippen LogP contribution is 2.24. The predicted molar refractivity (Wildman–Crippen MR) is 71.4 cm³/mol. The van der Waals surface area contributed by atoms with Crippen LogP contribution in [0.2, 0.25) is 0 Å². The minimum absolute atomic E-state index is 0.00831. The van der Waals surface area contributed by atoms with Crippen molar-refractivity contribution in [1.29, 1.82) is 0 Å². The highest BCUT2D eigenvalue weighted by atomic mass is 16.4.